The van der Waals surface area contributed by atoms with Crippen LogP contribution in [0.15, 0.2) is 30.3 Å². The summed E-state index contributed by atoms with van der Waals surface area (Å²) in [5.74, 6) is -0.333. The summed E-state index contributed by atoms with van der Waals surface area (Å²) < 4.78 is 0. The summed E-state index contributed by atoms with van der Waals surface area (Å²) in [6.45, 7) is 0. The summed E-state index contributed by atoms with van der Waals surface area (Å²) >= 11 is 0. The van der Waals surface area contributed by atoms with Gasteiger partial charge in [-0.1, -0.05) is 12.1 Å². The van der Waals surface area contributed by atoms with Crippen LogP contribution in [-0.2, 0) is 4.79 Å². The molecule has 0 atom stereocenters. The molecule has 0 bridgehead atoms. The minimum absolute atomic E-state index is 0.168. The van der Waals surface area contributed by atoms with Gasteiger partial charge < -0.3 is 10.8 Å². The van der Waals surface area contributed by atoms with Gasteiger partial charge in [-0.3, -0.25) is 4.79 Å². The number of primary amides is 1. The number of phenolic OH excluding ortho intramolecular Hbond substituents is 1. The largest absolute Gasteiger partial charge is 0.508 e. The molecule has 0 fully saturated rings. The monoisotopic (exact) mass is 163 g/mol. The molecule has 0 aliphatic carbocycles. The number of amides is 1. The summed E-state index contributed by atoms with van der Waals surface area (Å²) in [5, 5.41) is 9.03. The normalized spacial score (nSPS) is 10.3. The van der Waals surface area contributed by atoms with Crippen LogP contribution in [0.2, 0.25) is 0 Å². The van der Waals surface area contributed by atoms with Crippen molar-refractivity contribution in [1.82, 2.24) is 0 Å². The van der Waals surface area contributed by atoms with Gasteiger partial charge in [0.05, 0.1) is 0 Å². The third-order valence-corrected chi connectivity index (χ3v) is 1.31. The van der Waals surface area contributed by atoms with E-state index in [1.807, 2.05) is 0 Å². The number of aromatic hydroxyl groups is 1. The molecule has 1 rings (SSSR count). The van der Waals surface area contributed by atoms with E-state index in [-0.39, 0.29) is 5.75 Å². The van der Waals surface area contributed by atoms with Gasteiger partial charge in [-0.2, -0.15) is 0 Å². The predicted octanol–water partition coefficient (Wildman–Crippen LogP) is 0.891. The first-order chi connectivity index (χ1) is 5.68. The maximum Gasteiger partial charge on any atom is 0.241 e. The summed E-state index contributed by atoms with van der Waals surface area (Å²) in [5.41, 5.74) is 5.63. The molecule has 1 aromatic carbocycles. The number of hydrogen-bond donors (Lipinski definition) is 2. The van der Waals surface area contributed by atoms with Gasteiger partial charge in [0.25, 0.3) is 0 Å². The van der Waals surface area contributed by atoms with Gasteiger partial charge in [-0.25, -0.2) is 0 Å². The summed E-state index contributed by atoms with van der Waals surface area (Å²) in [4.78, 5) is 10.3. The summed E-state index contributed by atoms with van der Waals surface area (Å²) in [7, 11) is 0. The van der Waals surface area contributed by atoms with Gasteiger partial charge in [0, 0.05) is 6.08 Å². The van der Waals surface area contributed by atoms with E-state index in [2.05, 4.69) is 0 Å². The Kier molecular flexibility index (Phi) is 2.48. The molecule has 0 radical (unpaired) electrons. The number of nitrogens with two attached hydrogens (primary N) is 1. The Morgan fingerprint density at radius 2 is 2.25 bits per heavy atom. The second kappa shape index (κ2) is 3.57. The molecule has 1 aromatic rings. The highest BCUT2D eigenvalue weighted by Gasteiger charge is 1.89. The van der Waals surface area contributed by atoms with Crippen LogP contribution < -0.4 is 5.73 Å². The second-order valence-electron chi connectivity index (χ2n) is 2.33. The molecular formula is C9H9NO2. The molecule has 3 N–H and O–H groups in total. The molecule has 0 saturated heterocycles. The lowest BCUT2D eigenvalue weighted by atomic mass is 10.2. The van der Waals surface area contributed by atoms with Crippen LogP contribution >= 0.6 is 0 Å². The van der Waals surface area contributed by atoms with Crippen LogP contribution in [0, 0.1) is 0 Å². The number of carbonyl (C=O) groups excluding carboxylic acids is 1. The molecule has 0 saturated carbocycles. The maximum absolute atomic E-state index is 10.3. The Morgan fingerprint density at radius 3 is 2.83 bits per heavy atom. The molecular weight excluding hydrogens is 154 g/mol. The van der Waals surface area contributed by atoms with E-state index in [9.17, 15) is 4.79 Å². The van der Waals surface area contributed by atoms with E-state index in [4.69, 9.17) is 10.8 Å². The Hall–Kier alpha value is -1.77. The van der Waals surface area contributed by atoms with Gasteiger partial charge >= 0.3 is 0 Å². The van der Waals surface area contributed by atoms with Crippen molar-refractivity contribution in [3.8, 4) is 5.75 Å². The SMILES string of the molecule is NC(=O)/C=C\c1cccc(O)c1. The zero-order valence-electron chi connectivity index (χ0n) is 6.40. The lowest BCUT2D eigenvalue weighted by Crippen LogP contribution is -2.04. The van der Waals surface area contributed by atoms with Gasteiger partial charge in [-0.05, 0) is 23.8 Å². The smallest absolute Gasteiger partial charge is 0.241 e. The fourth-order valence-corrected chi connectivity index (χ4v) is 0.807. The third kappa shape index (κ3) is 2.46. The predicted molar refractivity (Wildman–Crippen MR) is 46.3 cm³/mol. The van der Waals surface area contributed by atoms with Gasteiger partial charge in [0.2, 0.25) is 5.91 Å². The van der Waals surface area contributed by atoms with Crippen LogP contribution in [0.1, 0.15) is 5.56 Å². The number of benzene rings is 1. The number of rotatable bonds is 2. The molecule has 62 valence electrons. The Labute approximate surface area is 70.1 Å². The van der Waals surface area contributed by atoms with Crippen molar-refractivity contribution in [1.29, 1.82) is 0 Å². The van der Waals surface area contributed by atoms with Crippen molar-refractivity contribution in [3.63, 3.8) is 0 Å². The second-order valence-corrected chi connectivity index (χ2v) is 2.33. The molecule has 0 aliphatic heterocycles. The minimum Gasteiger partial charge on any atom is -0.508 e. The van der Waals surface area contributed by atoms with Gasteiger partial charge in [-0.15, -0.1) is 0 Å². The highest BCUT2D eigenvalue weighted by molar-refractivity contribution is 5.90. The van der Waals surface area contributed by atoms with Crippen molar-refractivity contribution in [2.24, 2.45) is 5.73 Å². The van der Waals surface area contributed by atoms with E-state index < -0.39 is 5.91 Å². The average Bonchev–Trinajstić information content (AvgIpc) is 2.01. The Bertz CT molecular complexity index is 318. The van der Waals surface area contributed by atoms with Gasteiger partial charge in [0.15, 0.2) is 0 Å². The zero-order chi connectivity index (χ0) is 8.97. The van der Waals surface area contributed by atoms with Crippen molar-refractivity contribution in [2.75, 3.05) is 0 Å². The molecule has 1 amide bonds. The van der Waals surface area contributed by atoms with E-state index in [1.165, 1.54) is 6.08 Å². The third-order valence-electron chi connectivity index (χ3n) is 1.31. The van der Waals surface area contributed by atoms with Crippen molar-refractivity contribution in [3.05, 3.63) is 35.9 Å². The highest BCUT2D eigenvalue weighted by Crippen LogP contribution is 2.11. The highest BCUT2D eigenvalue weighted by atomic mass is 16.3. The molecule has 12 heavy (non-hydrogen) atoms. The van der Waals surface area contributed by atoms with Crippen molar-refractivity contribution >= 4 is 12.0 Å². The molecule has 0 heterocycles. The number of hydrogen-bond acceptors (Lipinski definition) is 2. The fourth-order valence-electron chi connectivity index (χ4n) is 0.807. The molecule has 0 aliphatic rings. The molecule has 0 unspecified atom stereocenters. The van der Waals surface area contributed by atoms with Crippen molar-refractivity contribution < 1.29 is 9.90 Å². The first-order valence-corrected chi connectivity index (χ1v) is 3.45. The van der Waals surface area contributed by atoms with Crippen LogP contribution in [0.3, 0.4) is 0 Å². The zero-order valence-corrected chi connectivity index (χ0v) is 6.40. The van der Waals surface area contributed by atoms with E-state index in [0.29, 0.717) is 0 Å². The quantitative estimate of drug-likeness (QED) is 0.636. The number of phenols is 1. The lowest BCUT2D eigenvalue weighted by Gasteiger charge is -1.92. The molecule has 3 nitrogen and oxygen atoms in total. The first-order valence-electron chi connectivity index (χ1n) is 3.45. The summed E-state index contributed by atoms with van der Waals surface area (Å²) in [6.07, 6.45) is 2.79. The minimum atomic E-state index is -0.502. The number of carbonyl (C=O) groups is 1. The van der Waals surface area contributed by atoms with Gasteiger partial charge in [0.1, 0.15) is 5.75 Å². The molecule has 0 aromatic heterocycles. The summed E-state index contributed by atoms with van der Waals surface area (Å²) in [6, 6.07) is 6.55. The van der Waals surface area contributed by atoms with Crippen LogP contribution in [0.5, 0.6) is 5.75 Å². The van der Waals surface area contributed by atoms with Crippen LogP contribution in [0.25, 0.3) is 6.08 Å². The first kappa shape index (κ1) is 8.33. The fraction of sp³-hybridized carbons (Fsp3) is 0. The Balaban J connectivity index is 2.83. The van der Waals surface area contributed by atoms with Crippen LogP contribution in [0.4, 0.5) is 0 Å². The standard InChI is InChI=1S/C9H9NO2/c10-9(12)5-4-7-2-1-3-8(11)6-7/h1-6,11H,(H2,10,12)/b5-4-. The average molecular weight is 163 g/mol. The maximum atomic E-state index is 10.3. The van der Waals surface area contributed by atoms with E-state index >= 15 is 0 Å². The Morgan fingerprint density at radius 1 is 1.50 bits per heavy atom. The van der Waals surface area contributed by atoms with Crippen LogP contribution in [-0.4, -0.2) is 11.0 Å². The topological polar surface area (TPSA) is 63.3 Å². The lowest BCUT2D eigenvalue weighted by molar-refractivity contribution is -0.113. The van der Waals surface area contributed by atoms with E-state index in [0.717, 1.165) is 5.56 Å². The van der Waals surface area contributed by atoms with E-state index in [1.54, 1.807) is 30.3 Å². The van der Waals surface area contributed by atoms with Crippen molar-refractivity contribution in [2.45, 2.75) is 0 Å². The molecule has 3 heteroatoms. The molecule has 0 spiro atoms.